The average molecular weight is 708 g/mol. The minimum absolute atomic E-state index is 0.0266. The van der Waals surface area contributed by atoms with E-state index in [0.29, 0.717) is 12.8 Å². The van der Waals surface area contributed by atoms with Crippen molar-refractivity contribution in [1.29, 1.82) is 0 Å². The number of hydrogen-bond acceptors (Lipinski definition) is 7. The molecule has 0 aliphatic carbocycles. The van der Waals surface area contributed by atoms with Crippen LogP contribution in [0.2, 0.25) is 0 Å². The van der Waals surface area contributed by atoms with Gasteiger partial charge in [-0.15, -0.1) is 0 Å². The molecule has 0 rings (SSSR count). The van der Waals surface area contributed by atoms with Gasteiger partial charge in [-0.3, -0.25) is 9.59 Å². The summed E-state index contributed by atoms with van der Waals surface area (Å²) in [5.41, 5.74) is 0. The monoisotopic (exact) mass is 708 g/mol. The lowest BCUT2D eigenvalue weighted by atomic mass is 10.0. The van der Waals surface area contributed by atoms with Crippen molar-refractivity contribution in [2.75, 3.05) is 41.0 Å². The maximum absolute atomic E-state index is 12.6. The Morgan fingerprint density at radius 2 is 1.12 bits per heavy atom. The molecule has 2 atom stereocenters. The number of quaternary nitrogens is 1. The maximum Gasteiger partial charge on any atom is 0.306 e. The first-order valence-electron chi connectivity index (χ1n) is 20.4. The van der Waals surface area contributed by atoms with E-state index < -0.39 is 18.1 Å². The number of unbranched alkanes of at least 4 members (excludes halogenated alkanes) is 18. The molecule has 0 N–H and O–H groups in total. The van der Waals surface area contributed by atoms with Crippen molar-refractivity contribution >= 4 is 17.9 Å². The van der Waals surface area contributed by atoms with Crippen molar-refractivity contribution in [3.63, 3.8) is 0 Å². The van der Waals surface area contributed by atoms with Gasteiger partial charge in [0.05, 0.1) is 40.3 Å². The van der Waals surface area contributed by atoms with Gasteiger partial charge in [0, 0.05) is 19.3 Å². The second-order valence-corrected chi connectivity index (χ2v) is 14.8. The van der Waals surface area contributed by atoms with Gasteiger partial charge < -0.3 is 28.6 Å². The lowest BCUT2D eigenvalue weighted by molar-refractivity contribution is -0.889. The highest BCUT2D eigenvalue weighted by Gasteiger charge is 2.25. The molecule has 0 aromatic heterocycles. The van der Waals surface area contributed by atoms with Crippen LogP contribution in [0, 0.1) is 0 Å². The van der Waals surface area contributed by atoms with Gasteiger partial charge in [-0.25, -0.2) is 0 Å². The molecule has 8 nitrogen and oxygen atoms in total. The molecule has 0 aliphatic rings. The molecule has 0 aromatic rings. The van der Waals surface area contributed by atoms with Gasteiger partial charge in [-0.05, 0) is 25.7 Å². The molecular formula is C42H77NO7. The van der Waals surface area contributed by atoms with E-state index in [9.17, 15) is 19.5 Å². The number of allylic oxidation sites excluding steroid dienone is 4. The Kier molecular flexibility index (Phi) is 32.4. The molecule has 0 bridgehead atoms. The van der Waals surface area contributed by atoms with E-state index in [2.05, 4.69) is 26.0 Å². The molecular weight excluding hydrogens is 630 g/mol. The molecule has 0 fully saturated rings. The van der Waals surface area contributed by atoms with Crippen LogP contribution in [0.5, 0.6) is 0 Å². The summed E-state index contributed by atoms with van der Waals surface area (Å²) in [6, 6.07) is -0.728. The third-order valence-electron chi connectivity index (χ3n) is 9.12. The molecule has 8 heteroatoms. The Balaban J connectivity index is 4.24. The van der Waals surface area contributed by atoms with E-state index in [1.165, 1.54) is 103 Å². The third-order valence-corrected chi connectivity index (χ3v) is 9.12. The topological polar surface area (TPSA) is 102 Å². The van der Waals surface area contributed by atoms with Crippen LogP contribution in [0.25, 0.3) is 0 Å². The Bertz CT molecular complexity index is 880. The molecule has 0 heterocycles. The fourth-order valence-corrected chi connectivity index (χ4v) is 5.95. The molecule has 0 saturated carbocycles. The van der Waals surface area contributed by atoms with Crippen molar-refractivity contribution in [3.05, 3.63) is 24.3 Å². The zero-order valence-electron chi connectivity index (χ0n) is 33.1. The number of carbonyl (C=O) groups excluding carboxylic acids is 3. The van der Waals surface area contributed by atoms with Gasteiger partial charge in [-0.2, -0.15) is 0 Å². The first-order valence-corrected chi connectivity index (χ1v) is 20.4. The average Bonchev–Trinajstić information content (AvgIpc) is 3.06. The number of esters is 2. The largest absolute Gasteiger partial charge is 0.544 e. The van der Waals surface area contributed by atoms with E-state index in [-0.39, 0.29) is 49.1 Å². The van der Waals surface area contributed by atoms with Gasteiger partial charge in [0.15, 0.2) is 6.10 Å². The molecule has 0 saturated heterocycles. The molecule has 0 radical (unpaired) electrons. The number of hydrogen-bond donors (Lipinski definition) is 0. The quantitative estimate of drug-likeness (QED) is 0.0277. The Morgan fingerprint density at radius 3 is 1.60 bits per heavy atom. The van der Waals surface area contributed by atoms with Gasteiger partial charge in [0.1, 0.15) is 12.6 Å². The van der Waals surface area contributed by atoms with Crippen LogP contribution in [-0.2, 0) is 28.6 Å². The van der Waals surface area contributed by atoms with Crippen LogP contribution in [0.15, 0.2) is 24.3 Å². The fraction of sp³-hybridized carbons (Fsp3) is 0.833. The first kappa shape index (κ1) is 47.8. The summed E-state index contributed by atoms with van der Waals surface area (Å²) in [7, 11) is 5.38. The second kappa shape index (κ2) is 33.9. The third kappa shape index (κ3) is 31.8. The summed E-state index contributed by atoms with van der Waals surface area (Å²) >= 11 is 0. The van der Waals surface area contributed by atoms with E-state index in [0.717, 1.165) is 32.1 Å². The smallest absolute Gasteiger partial charge is 0.306 e. The lowest BCUT2D eigenvalue weighted by Crippen LogP contribution is -2.55. The number of carbonyl (C=O) groups is 3. The van der Waals surface area contributed by atoms with Crippen LogP contribution < -0.4 is 5.11 Å². The van der Waals surface area contributed by atoms with Crippen LogP contribution in [0.4, 0.5) is 0 Å². The second-order valence-electron chi connectivity index (χ2n) is 14.8. The zero-order chi connectivity index (χ0) is 37.1. The summed E-state index contributed by atoms with van der Waals surface area (Å²) in [5.74, 6) is -1.82. The summed E-state index contributed by atoms with van der Waals surface area (Å²) in [4.78, 5) is 36.5. The number of carboxylic acids is 1. The van der Waals surface area contributed by atoms with E-state index in [4.69, 9.17) is 14.2 Å². The van der Waals surface area contributed by atoms with Gasteiger partial charge in [0.25, 0.3) is 0 Å². The Hall–Kier alpha value is -2.19. The number of carboxylic acid groups (broad SMARTS) is 1. The molecule has 50 heavy (non-hydrogen) atoms. The number of ether oxygens (including phenoxy) is 3. The minimum Gasteiger partial charge on any atom is -0.544 e. The molecule has 2 unspecified atom stereocenters. The maximum atomic E-state index is 12.6. The van der Waals surface area contributed by atoms with Crippen molar-refractivity contribution in [3.8, 4) is 0 Å². The highest BCUT2D eigenvalue weighted by Crippen LogP contribution is 2.15. The molecule has 0 aliphatic heterocycles. The van der Waals surface area contributed by atoms with Crippen LogP contribution >= 0.6 is 0 Å². The number of rotatable bonds is 36. The van der Waals surface area contributed by atoms with Gasteiger partial charge >= 0.3 is 11.9 Å². The van der Waals surface area contributed by atoms with Crippen LogP contribution in [0.3, 0.4) is 0 Å². The molecule has 292 valence electrons. The predicted molar refractivity (Wildman–Crippen MR) is 204 cm³/mol. The summed E-state index contributed by atoms with van der Waals surface area (Å²) in [6.07, 6.45) is 35.3. The number of nitrogens with zero attached hydrogens (tertiary/aromatic N) is 1. The van der Waals surface area contributed by atoms with E-state index in [1.807, 2.05) is 12.2 Å². The Labute approximate surface area is 307 Å². The molecule has 0 amide bonds. The van der Waals surface area contributed by atoms with Crippen molar-refractivity contribution in [2.45, 2.75) is 187 Å². The lowest BCUT2D eigenvalue weighted by Gasteiger charge is -2.34. The fourth-order valence-electron chi connectivity index (χ4n) is 5.95. The van der Waals surface area contributed by atoms with Crippen molar-refractivity contribution < 1.29 is 38.2 Å². The Morgan fingerprint density at radius 1 is 0.620 bits per heavy atom. The highest BCUT2D eigenvalue weighted by molar-refractivity contribution is 5.70. The molecule has 0 spiro atoms. The predicted octanol–water partition coefficient (Wildman–Crippen LogP) is 9.19. The summed E-state index contributed by atoms with van der Waals surface area (Å²) < 4.78 is 17.0. The van der Waals surface area contributed by atoms with Gasteiger partial charge in [0.2, 0.25) is 0 Å². The highest BCUT2D eigenvalue weighted by atomic mass is 16.6. The minimum atomic E-state index is -1.13. The number of aliphatic carboxylic acids is 1. The van der Waals surface area contributed by atoms with E-state index in [1.54, 1.807) is 21.1 Å². The summed E-state index contributed by atoms with van der Waals surface area (Å²) in [5, 5.41) is 11.6. The standard InChI is InChI=1S/C42H77NO7/c1-6-8-10-12-14-15-16-17-18-19-20-21-22-23-24-25-27-29-31-33-41(45)50-38(36-48-35-34-39(42(46)47)43(3,4)5)37-49-40(44)32-30-28-26-13-11-9-7-2/h9,11,26,28,38-39H,6-8,10,12-25,27,29-37H2,1-5H3/b11-9+,28-26+. The van der Waals surface area contributed by atoms with Crippen LogP contribution in [-0.4, -0.2) is 75.5 Å². The van der Waals surface area contributed by atoms with Crippen LogP contribution in [0.1, 0.15) is 174 Å². The van der Waals surface area contributed by atoms with Crippen molar-refractivity contribution in [2.24, 2.45) is 0 Å². The summed E-state index contributed by atoms with van der Waals surface area (Å²) in [6.45, 7) is 4.46. The normalized spacial score (nSPS) is 13.2. The SMILES string of the molecule is CC/C=C/C/C=C/CCC(=O)OCC(COCCC(C(=O)[O-])[N+](C)(C)C)OC(=O)CCCCCCCCCCCCCCCCCCCCC. The number of likely N-dealkylation sites (N-methyl/N-ethyl adjacent to an activating group) is 1. The van der Waals surface area contributed by atoms with E-state index >= 15 is 0 Å². The van der Waals surface area contributed by atoms with Gasteiger partial charge in [-0.1, -0.05) is 154 Å². The zero-order valence-corrected chi connectivity index (χ0v) is 33.1. The van der Waals surface area contributed by atoms with Crippen molar-refractivity contribution in [1.82, 2.24) is 0 Å². The first-order chi connectivity index (χ1) is 24.1. The molecule has 0 aromatic carbocycles.